The van der Waals surface area contributed by atoms with E-state index in [1.165, 1.54) is 0 Å². The summed E-state index contributed by atoms with van der Waals surface area (Å²) in [7, 11) is 0. The van der Waals surface area contributed by atoms with Crippen LogP contribution < -0.4 is 10.2 Å². The van der Waals surface area contributed by atoms with E-state index in [9.17, 15) is 5.26 Å². The highest BCUT2D eigenvalue weighted by Crippen LogP contribution is 2.34. The molecule has 2 heterocycles. The van der Waals surface area contributed by atoms with Crippen molar-refractivity contribution in [1.29, 1.82) is 5.26 Å². The van der Waals surface area contributed by atoms with Crippen LogP contribution in [0.15, 0.2) is 0 Å². The summed E-state index contributed by atoms with van der Waals surface area (Å²) in [5.74, 6) is 0.748. The van der Waals surface area contributed by atoms with Crippen molar-refractivity contribution in [2.24, 2.45) is 0 Å². The zero-order chi connectivity index (χ0) is 17.7. The molecule has 1 aromatic heterocycles. The average Bonchev–Trinajstić information content (AvgIpc) is 2.56. The molecule has 0 radical (unpaired) electrons. The largest absolute Gasteiger partial charge is 0.370 e. The van der Waals surface area contributed by atoms with Crippen LogP contribution in [0.2, 0.25) is 0 Å². The van der Waals surface area contributed by atoms with Gasteiger partial charge in [0.15, 0.2) is 0 Å². The summed E-state index contributed by atoms with van der Waals surface area (Å²) in [6.07, 6.45) is 1.62. The third-order valence-corrected chi connectivity index (χ3v) is 4.93. The normalized spacial score (nSPS) is 15.9. The molecule has 2 N–H and O–H groups in total. The minimum Gasteiger partial charge on any atom is -0.370 e. The molecular formula is C19H31N4O+. The lowest BCUT2D eigenvalue weighted by atomic mass is 9.87. The Morgan fingerprint density at radius 1 is 1.25 bits per heavy atom. The lowest BCUT2D eigenvalue weighted by molar-refractivity contribution is -0.894. The fraction of sp³-hybridized carbons (Fsp3) is 0.684. The molecule has 0 bridgehead atoms. The number of aryl methyl sites for hydroxylation is 1. The number of aromatic nitrogens is 1. The highest BCUT2D eigenvalue weighted by Gasteiger charge is 2.31. The van der Waals surface area contributed by atoms with Crippen molar-refractivity contribution in [3.05, 3.63) is 22.4 Å². The van der Waals surface area contributed by atoms with E-state index in [0.29, 0.717) is 12.2 Å². The zero-order valence-corrected chi connectivity index (χ0v) is 15.8. The van der Waals surface area contributed by atoms with Crippen molar-refractivity contribution >= 4 is 5.82 Å². The summed E-state index contributed by atoms with van der Waals surface area (Å²) in [6.45, 7) is 15.3. The maximum Gasteiger partial charge on any atom is 0.144 e. The topological polar surface area (TPSA) is 62.4 Å². The average molecular weight is 331 g/mol. The number of fused-ring (bicyclic) bond motifs is 1. The first-order valence-corrected chi connectivity index (χ1v) is 9.11. The van der Waals surface area contributed by atoms with E-state index in [4.69, 9.17) is 9.72 Å². The second-order valence-electron chi connectivity index (χ2n) is 7.06. The van der Waals surface area contributed by atoms with Gasteiger partial charge >= 0.3 is 0 Å². The molecule has 5 nitrogen and oxygen atoms in total. The third kappa shape index (κ3) is 4.06. The van der Waals surface area contributed by atoms with E-state index in [1.54, 1.807) is 4.90 Å². The van der Waals surface area contributed by atoms with E-state index in [1.807, 2.05) is 0 Å². The van der Waals surface area contributed by atoms with Crippen molar-refractivity contribution in [2.75, 3.05) is 31.5 Å². The Bertz CT molecular complexity index is 615. The molecule has 0 atom stereocenters. The number of ether oxygens (including phenoxy) is 1. The van der Waals surface area contributed by atoms with Crippen LogP contribution in [-0.4, -0.2) is 36.8 Å². The number of hydrogen-bond donors (Lipinski definition) is 2. The minimum absolute atomic E-state index is 0.229. The van der Waals surface area contributed by atoms with Gasteiger partial charge in [0.1, 0.15) is 11.9 Å². The van der Waals surface area contributed by atoms with E-state index in [0.717, 1.165) is 61.7 Å². The predicted octanol–water partition coefficient (Wildman–Crippen LogP) is 1.70. The van der Waals surface area contributed by atoms with Crippen molar-refractivity contribution in [3.63, 3.8) is 0 Å². The Balaban J connectivity index is 2.30. The molecule has 0 unspecified atom stereocenters. The zero-order valence-electron chi connectivity index (χ0n) is 15.8. The van der Waals surface area contributed by atoms with Crippen LogP contribution in [0.4, 0.5) is 5.82 Å². The smallest absolute Gasteiger partial charge is 0.144 e. The van der Waals surface area contributed by atoms with Gasteiger partial charge in [-0.2, -0.15) is 5.26 Å². The molecule has 1 aliphatic heterocycles. The van der Waals surface area contributed by atoms with Gasteiger partial charge in [0.2, 0.25) is 0 Å². The summed E-state index contributed by atoms with van der Waals surface area (Å²) < 4.78 is 5.94. The standard InChI is InChI=1S/C19H30N4O/c1-6-17-16-13-24-19(4,5)11-14(16)15(12-20)18(22-17)21-9-10-23(7-2)8-3/h6-11,13H2,1-5H3,(H,21,22)/p+1. The van der Waals surface area contributed by atoms with Gasteiger partial charge < -0.3 is 15.0 Å². The van der Waals surface area contributed by atoms with Crippen molar-refractivity contribution in [1.82, 2.24) is 4.98 Å². The van der Waals surface area contributed by atoms with Crippen LogP contribution in [0.1, 0.15) is 57.0 Å². The number of nitrogens with one attached hydrogen (secondary N) is 2. The molecule has 132 valence electrons. The van der Waals surface area contributed by atoms with Crippen LogP contribution in [0.3, 0.4) is 0 Å². The molecule has 0 fully saturated rings. The molecular weight excluding hydrogens is 300 g/mol. The fourth-order valence-corrected chi connectivity index (χ4v) is 3.34. The number of hydrogen-bond acceptors (Lipinski definition) is 4. The molecule has 0 spiro atoms. The Hall–Kier alpha value is -1.64. The first-order chi connectivity index (χ1) is 11.5. The van der Waals surface area contributed by atoms with Crippen molar-refractivity contribution in [3.8, 4) is 6.07 Å². The van der Waals surface area contributed by atoms with Crippen molar-refractivity contribution < 1.29 is 9.64 Å². The molecule has 5 heteroatoms. The van der Waals surface area contributed by atoms with E-state index < -0.39 is 0 Å². The van der Waals surface area contributed by atoms with Crippen molar-refractivity contribution in [2.45, 2.75) is 59.7 Å². The number of pyridine rings is 1. The SMILES string of the molecule is CCc1nc(NCC[NH+](CC)CC)c(C#N)c2c1COC(C)(C)C2. The van der Waals surface area contributed by atoms with Gasteiger partial charge in [0.05, 0.1) is 44.0 Å². The monoisotopic (exact) mass is 331 g/mol. The number of anilines is 1. The molecule has 0 amide bonds. The van der Waals surface area contributed by atoms with Gasteiger partial charge in [0.25, 0.3) is 0 Å². The highest BCUT2D eigenvalue weighted by atomic mass is 16.5. The van der Waals surface area contributed by atoms with Crippen LogP contribution in [0.25, 0.3) is 0 Å². The number of rotatable bonds is 7. The summed E-state index contributed by atoms with van der Waals surface area (Å²) in [5.41, 5.74) is 3.77. The lowest BCUT2D eigenvalue weighted by Crippen LogP contribution is -3.12. The van der Waals surface area contributed by atoms with Gasteiger partial charge in [-0.1, -0.05) is 6.92 Å². The lowest BCUT2D eigenvalue weighted by Gasteiger charge is -2.33. The quantitative estimate of drug-likeness (QED) is 0.798. The summed E-state index contributed by atoms with van der Waals surface area (Å²) in [5, 5.41) is 13.2. The maximum atomic E-state index is 9.73. The van der Waals surface area contributed by atoms with Gasteiger partial charge in [-0.15, -0.1) is 0 Å². The number of nitrogens with zero attached hydrogens (tertiary/aromatic N) is 2. The van der Waals surface area contributed by atoms with E-state index >= 15 is 0 Å². The molecule has 2 rings (SSSR count). The Labute approximate surface area is 146 Å². The summed E-state index contributed by atoms with van der Waals surface area (Å²) in [4.78, 5) is 6.29. The highest BCUT2D eigenvalue weighted by molar-refractivity contribution is 5.60. The molecule has 0 aliphatic carbocycles. The summed E-state index contributed by atoms with van der Waals surface area (Å²) in [6, 6.07) is 2.39. The first-order valence-electron chi connectivity index (χ1n) is 9.11. The molecule has 24 heavy (non-hydrogen) atoms. The molecule has 0 saturated carbocycles. The van der Waals surface area contributed by atoms with Crippen LogP contribution in [0.5, 0.6) is 0 Å². The Kier molecular flexibility index (Phi) is 6.20. The number of likely N-dealkylation sites (N-methyl/N-ethyl adjacent to an activating group) is 1. The Morgan fingerprint density at radius 2 is 1.96 bits per heavy atom. The first kappa shape index (κ1) is 18.7. The molecule has 0 aromatic carbocycles. The second-order valence-corrected chi connectivity index (χ2v) is 7.06. The predicted molar refractivity (Wildman–Crippen MR) is 96.3 cm³/mol. The van der Waals surface area contributed by atoms with Gasteiger partial charge in [-0.25, -0.2) is 4.98 Å². The summed E-state index contributed by atoms with van der Waals surface area (Å²) >= 11 is 0. The number of nitriles is 1. The fourth-order valence-electron chi connectivity index (χ4n) is 3.34. The number of quaternary nitrogens is 1. The van der Waals surface area contributed by atoms with Gasteiger partial charge in [-0.05, 0) is 39.7 Å². The van der Waals surface area contributed by atoms with E-state index in [-0.39, 0.29) is 5.60 Å². The molecule has 0 saturated heterocycles. The molecule has 1 aliphatic rings. The van der Waals surface area contributed by atoms with Gasteiger partial charge in [0, 0.05) is 17.7 Å². The second kappa shape index (κ2) is 7.96. The third-order valence-electron chi connectivity index (χ3n) is 4.93. The van der Waals surface area contributed by atoms with Crippen LogP contribution in [-0.2, 0) is 24.2 Å². The molecule has 1 aromatic rings. The minimum atomic E-state index is -0.229. The van der Waals surface area contributed by atoms with Crippen LogP contribution in [0, 0.1) is 11.3 Å². The van der Waals surface area contributed by atoms with Crippen LogP contribution >= 0.6 is 0 Å². The maximum absolute atomic E-state index is 9.73. The Morgan fingerprint density at radius 3 is 2.54 bits per heavy atom. The van der Waals surface area contributed by atoms with E-state index in [2.05, 4.69) is 46.0 Å². The van der Waals surface area contributed by atoms with Gasteiger partial charge in [-0.3, -0.25) is 0 Å².